The van der Waals surface area contributed by atoms with E-state index in [-0.39, 0.29) is 35.5 Å². The van der Waals surface area contributed by atoms with Gasteiger partial charge in [-0.2, -0.15) is 0 Å². The van der Waals surface area contributed by atoms with Gasteiger partial charge in [-0.25, -0.2) is 14.4 Å². The number of carbonyl (C=O) groups excluding carboxylic acids is 6. The highest BCUT2D eigenvalue weighted by molar-refractivity contribution is 5.95. The maximum Gasteiger partial charge on any atom is 0.408 e. The summed E-state index contributed by atoms with van der Waals surface area (Å²) in [5.41, 5.74) is -8.64. The SMILES string of the molecule is CC(=O)O[C@H]1C(=O)[C@@]2(C)C([C@H](OC(=O)c3ccccc3)[C@]3(O)C[C@H](OC(=O)[C@H](O)C(NC(=O)OC(C)(C)C)c4ccco4)C(C)=C1C3(C)C)[C@]1(OC(=O)C3CC3)CO[C@@H]1C[C@@H]2O. The number of fused-ring (bicyclic) bond motifs is 5. The Morgan fingerprint density at radius 1 is 0.968 bits per heavy atom. The molecule has 7 rings (SSSR count). The topological polar surface area (TPSA) is 244 Å². The number of ether oxygens (including phenoxy) is 6. The lowest BCUT2D eigenvalue weighted by Gasteiger charge is -2.67. The van der Waals surface area contributed by atoms with Crippen molar-refractivity contribution in [3.63, 3.8) is 0 Å². The standard InChI is InChI=1S/C45H55NO16/c1-22-27(59-39(53)32(49)31(26-15-12-18-56-26)46-40(54)62-41(3,4)5)20-45(55)36(60-37(51)24-13-10-9-11-14-24)34-43(8,35(50)33(58-23(2)47)30(22)42(45,6)7)28(48)19-29-44(34,21-57-29)61-38(52)25-16-17-25/h9-15,18,25,27-29,31-34,36,48-49,55H,16-17,19-21H2,1-8H3,(H,46,54)/t27-,28-,29+,31?,32+,33+,34?,36-,43+,44-,45+/m0/s1. The van der Waals surface area contributed by atoms with Gasteiger partial charge in [-0.05, 0) is 82.9 Å². The Balaban J connectivity index is 1.39. The highest BCUT2D eigenvalue weighted by atomic mass is 16.6. The quantitative estimate of drug-likeness (QED) is 0.151. The van der Waals surface area contributed by atoms with E-state index in [1.807, 2.05) is 0 Å². The number of alkyl carbamates (subject to hydrolysis) is 1. The van der Waals surface area contributed by atoms with Crippen molar-refractivity contribution in [2.24, 2.45) is 22.7 Å². The number of furan rings is 1. The molecule has 4 aliphatic carbocycles. The number of rotatable bonds is 10. The lowest BCUT2D eigenvalue weighted by atomic mass is 9.44. The van der Waals surface area contributed by atoms with Crippen LogP contribution >= 0.6 is 0 Å². The summed E-state index contributed by atoms with van der Waals surface area (Å²) in [5.74, 6) is -6.60. The van der Waals surface area contributed by atoms with Crippen LogP contribution in [-0.4, -0.2) is 111 Å². The molecule has 2 unspecified atom stereocenters. The normalized spacial score (nSPS) is 33.4. The fourth-order valence-electron chi connectivity index (χ4n) is 9.89. The number of aliphatic hydroxyl groups excluding tert-OH is 2. The number of nitrogens with one attached hydrogen (secondary N) is 1. The zero-order chi connectivity index (χ0) is 45.3. The molecule has 17 heteroatoms. The minimum absolute atomic E-state index is 0.0168. The molecule has 62 heavy (non-hydrogen) atoms. The van der Waals surface area contributed by atoms with Gasteiger partial charge in [0.05, 0.1) is 41.8 Å². The molecule has 0 spiro atoms. The molecule has 11 atom stereocenters. The zero-order valence-electron chi connectivity index (χ0n) is 36.0. The molecule has 2 aromatic rings. The number of hydrogen-bond donors (Lipinski definition) is 4. The van der Waals surface area contributed by atoms with Gasteiger partial charge >= 0.3 is 30.0 Å². The number of ketones is 1. The van der Waals surface area contributed by atoms with Crippen molar-refractivity contribution in [3.05, 3.63) is 71.2 Å². The first-order valence-electron chi connectivity index (χ1n) is 20.8. The summed E-state index contributed by atoms with van der Waals surface area (Å²) >= 11 is 0. The average molecular weight is 866 g/mol. The Morgan fingerprint density at radius 2 is 1.65 bits per heavy atom. The molecule has 2 bridgehead atoms. The zero-order valence-corrected chi connectivity index (χ0v) is 36.0. The van der Waals surface area contributed by atoms with Crippen LogP contribution in [0.3, 0.4) is 0 Å². The fraction of sp³-hybridized carbons (Fsp3) is 0.600. The van der Waals surface area contributed by atoms with E-state index in [2.05, 4.69) is 5.32 Å². The summed E-state index contributed by atoms with van der Waals surface area (Å²) in [4.78, 5) is 83.7. The van der Waals surface area contributed by atoms with Gasteiger partial charge in [0.1, 0.15) is 41.3 Å². The predicted octanol–water partition coefficient (Wildman–Crippen LogP) is 3.81. The molecule has 1 saturated heterocycles. The second kappa shape index (κ2) is 15.9. The number of carbonyl (C=O) groups is 6. The monoisotopic (exact) mass is 865 g/mol. The van der Waals surface area contributed by atoms with E-state index in [1.165, 1.54) is 44.4 Å². The summed E-state index contributed by atoms with van der Waals surface area (Å²) in [7, 11) is 0. The summed E-state index contributed by atoms with van der Waals surface area (Å²) < 4.78 is 41.4. The van der Waals surface area contributed by atoms with E-state index >= 15 is 4.79 Å². The van der Waals surface area contributed by atoms with Gasteiger partial charge in [-0.3, -0.25) is 14.4 Å². The highest BCUT2D eigenvalue weighted by Gasteiger charge is 2.78. The summed E-state index contributed by atoms with van der Waals surface area (Å²) in [6.07, 6.45) is -9.27. The molecule has 336 valence electrons. The molecule has 1 aliphatic heterocycles. The average Bonchev–Trinajstić information content (AvgIpc) is 3.91. The Morgan fingerprint density at radius 3 is 2.21 bits per heavy atom. The van der Waals surface area contributed by atoms with Crippen LogP contribution in [0.25, 0.3) is 0 Å². The minimum atomic E-state index is -2.40. The third kappa shape index (κ3) is 7.60. The maximum atomic E-state index is 15.6. The number of hydrogen-bond acceptors (Lipinski definition) is 16. The largest absolute Gasteiger partial charge is 0.467 e. The molecule has 2 heterocycles. The molecule has 5 aliphatic rings. The highest BCUT2D eigenvalue weighted by Crippen LogP contribution is 2.64. The molecule has 0 radical (unpaired) electrons. The van der Waals surface area contributed by atoms with E-state index < -0.39 is 124 Å². The summed E-state index contributed by atoms with van der Waals surface area (Å²) in [5, 5.41) is 39.9. The van der Waals surface area contributed by atoms with Crippen LogP contribution in [0.2, 0.25) is 0 Å². The molecular formula is C45H55NO16. The maximum absolute atomic E-state index is 15.6. The number of aliphatic hydroxyl groups is 3. The van der Waals surface area contributed by atoms with Gasteiger partial charge in [0, 0.05) is 25.2 Å². The summed E-state index contributed by atoms with van der Waals surface area (Å²) in [6, 6.07) is 9.20. The van der Waals surface area contributed by atoms with Gasteiger partial charge in [0.15, 0.2) is 23.6 Å². The Kier molecular flexibility index (Phi) is 11.5. The predicted molar refractivity (Wildman–Crippen MR) is 212 cm³/mol. The van der Waals surface area contributed by atoms with Gasteiger partial charge in [0.25, 0.3) is 0 Å². The Hall–Kier alpha value is -5.10. The van der Waals surface area contributed by atoms with Crippen molar-refractivity contribution in [1.82, 2.24) is 5.32 Å². The van der Waals surface area contributed by atoms with E-state index in [1.54, 1.807) is 52.8 Å². The minimum Gasteiger partial charge on any atom is -0.467 e. The van der Waals surface area contributed by atoms with E-state index in [9.17, 15) is 39.3 Å². The first-order chi connectivity index (χ1) is 29.0. The Bertz CT molecular complexity index is 2140. The van der Waals surface area contributed by atoms with Crippen LogP contribution in [0.1, 0.15) is 103 Å². The molecule has 1 aromatic heterocycles. The third-order valence-corrected chi connectivity index (χ3v) is 13.4. The van der Waals surface area contributed by atoms with Crippen molar-refractivity contribution >= 4 is 35.8 Å². The van der Waals surface area contributed by atoms with Crippen molar-refractivity contribution in [2.75, 3.05) is 6.61 Å². The van der Waals surface area contributed by atoms with Crippen LogP contribution < -0.4 is 5.32 Å². The molecule has 4 fully saturated rings. The molecular weight excluding hydrogens is 810 g/mol. The Labute approximate surface area is 358 Å². The van der Waals surface area contributed by atoms with Gasteiger partial charge in [-0.15, -0.1) is 0 Å². The number of Topliss-reactive ketones (excluding diaryl/α,β-unsaturated/α-hetero) is 1. The lowest BCUT2D eigenvalue weighted by molar-refractivity contribution is -0.346. The van der Waals surface area contributed by atoms with E-state index in [0.29, 0.717) is 12.8 Å². The first-order valence-corrected chi connectivity index (χ1v) is 20.8. The molecule has 3 saturated carbocycles. The second-order valence-corrected chi connectivity index (χ2v) is 18.9. The van der Waals surface area contributed by atoms with E-state index in [0.717, 1.165) is 6.92 Å². The molecule has 17 nitrogen and oxygen atoms in total. The van der Waals surface area contributed by atoms with Crippen molar-refractivity contribution < 1.29 is 76.9 Å². The smallest absolute Gasteiger partial charge is 0.408 e. The second-order valence-electron chi connectivity index (χ2n) is 18.9. The molecule has 1 aromatic carbocycles. The van der Waals surface area contributed by atoms with Crippen molar-refractivity contribution in [2.45, 2.75) is 141 Å². The van der Waals surface area contributed by atoms with Crippen LogP contribution in [0.15, 0.2) is 64.3 Å². The van der Waals surface area contributed by atoms with Gasteiger partial charge < -0.3 is 53.5 Å². The van der Waals surface area contributed by atoms with Crippen molar-refractivity contribution in [1.29, 1.82) is 0 Å². The van der Waals surface area contributed by atoms with Crippen molar-refractivity contribution in [3.8, 4) is 0 Å². The fourth-order valence-corrected chi connectivity index (χ4v) is 9.89. The van der Waals surface area contributed by atoms with Crippen LogP contribution in [0.4, 0.5) is 4.79 Å². The van der Waals surface area contributed by atoms with Crippen LogP contribution in [0.5, 0.6) is 0 Å². The summed E-state index contributed by atoms with van der Waals surface area (Å²) in [6.45, 7) is 11.7. The molecule has 1 amide bonds. The molecule has 4 N–H and O–H groups in total. The number of benzene rings is 1. The van der Waals surface area contributed by atoms with Crippen LogP contribution in [-0.2, 0) is 47.6 Å². The van der Waals surface area contributed by atoms with E-state index in [4.69, 9.17) is 32.8 Å². The number of amides is 1. The first kappa shape index (κ1) is 44.9. The van der Waals surface area contributed by atoms with Crippen LogP contribution in [0, 0.1) is 22.7 Å². The van der Waals surface area contributed by atoms with Gasteiger partial charge in [0.2, 0.25) is 0 Å². The third-order valence-electron chi connectivity index (χ3n) is 13.4. The van der Waals surface area contributed by atoms with Gasteiger partial charge in [-0.1, -0.05) is 32.0 Å². The number of esters is 4. The lowest BCUT2D eigenvalue weighted by Crippen LogP contribution is -2.82.